The number of amides is 1. The van der Waals surface area contributed by atoms with Crippen molar-refractivity contribution in [2.24, 2.45) is 0 Å². The van der Waals surface area contributed by atoms with Gasteiger partial charge in [0.05, 0.1) is 24.5 Å². The molecule has 0 aliphatic heterocycles. The van der Waals surface area contributed by atoms with Gasteiger partial charge >= 0.3 is 5.97 Å². The van der Waals surface area contributed by atoms with Gasteiger partial charge in [-0.2, -0.15) is 0 Å². The van der Waals surface area contributed by atoms with E-state index in [0.29, 0.717) is 18.0 Å². The average Bonchev–Trinajstić information content (AvgIpc) is 2.70. The molecule has 29 heavy (non-hydrogen) atoms. The molecule has 0 atom stereocenters. The molecule has 2 aromatic rings. The second-order valence-electron chi connectivity index (χ2n) is 5.90. The first-order chi connectivity index (χ1) is 13.9. The summed E-state index contributed by atoms with van der Waals surface area (Å²) in [6.07, 6.45) is 0.0386. The van der Waals surface area contributed by atoms with Crippen LogP contribution in [0.15, 0.2) is 53.4 Å². The van der Waals surface area contributed by atoms with Crippen LogP contribution in [0.2, 0.25) is 0 Å². The summed E-state index contributed by atoms with van der Waals surface area (Å²) >= 11 is 0. The largest absolute Gasteiger partial charge is 0.494 e. The normalized spacial score (nSPS) is 10.8. The first-order valence-electron chi connectivity index (χ1n) is 9.15. The van der Waals surface area contributed by atoms with E-state index >= 15 is 0 Å². The maximum absolute atomic E-state index is 12.6. The average molecular weight is 420 g/mol. The lowest BCUT2D eigenvalue weighted by molar-refractivity contribution is -0.142. The van der Waals surface area contributed by atoms with Crippen LogP contribution in [0, 0.1) is 0 Å². The highest BCUT2D eigenvalue weighted by Crippen LogP contribution is 2.20. The fraction of sp³-hybridized carbons (Fsp3) is 0.300. The number of rotatable bonds is 10. The Morgan fingerprint density at radius 1 is 1.00 bits per heavy atom. The number of carbonyl (C=O) groups is 2. The molecule has 0 aliphatic carbocycles. The third-order valence-corrected chi connectivity index (χ3v) is 5.12. The Morgan fingerprint density at radius 3 is 2.38 bits per heavy atom. The van der Waals surface area contributed by atoms with E-state index in [4.69, 9.17) is 9.47 Å². The van der Waals surface area contributed by atoms with Crippen molar-refractivity contribution in [2.45, 2.75) is 25.2 Å². The highest BCUT2D eigenvalue weighted by molar-refractivity contribution is 7.92. The van der Waals surface area contributed by atoms with Gasteiger partial charge in [0.1, 0.15) is 5.75 Å². The zero-order chi connectivity index (χ0) is 21.3. The van der Waals surface area contributed by atoms with Gasteiger partial charge in [0.25, 0.3) is 15.9 Å². The molecule has 0 bridgehead atoms. The van der Waals surface area contributed by atoms with E-state index in [2.05, 4.69) is 10.0 Å². The standard InChI is InChI=1S/C20H24N2O6S/c1-3-27-17-10-8-16(9-11-17)22-29(25,26)18-7-5-6-15(14-18)20(24)21-13-12-19(23)28-4-2/h5-11,14,22H,3-4,12-13H2,1-2H3,(H,21,24). The molecule has 0 aromatic heterocycles. The monoisotopic (exact) mass is 420 g/mol. The lowest BCUT2D eigenvalue weighted by atomic mass is 10.2. The van der Waals surface area contributed by atoms with Gasteiger partial charge in [-0.05, 0) is 56.3 Å². The molecule has 9 heteroatoms. The van der Waals surface area contributed by atoms with E-state index in [1.54, 1.807) is 31.2 Å². The summed E-state index contributed by atoms with van der Waals surface area (Å²) in [6.45, 7) is 4.44. The Bertz CT molecular complexity index is 942. The summed E-state index contributed by atoms with van der Waals surface area (Å²) in [4.78, 5) is 23.5. The van der Waals surface area contributed by atoms with Crippen molar-refractivity contribution in [2.75, 3.05) is 24.5 Å². The zero-order valence-electron chi connectivity index (χ0n) is 16.3. The van der Waals surface area contributed by atoms with Gasteiger partial charge < -0.3 is 14.8 Å². The molecule has 0 radical (unpaired) electrons. The third-order valence-electron chi connectivity index (χ3n) is 3.74. The molecule has 0 spiro atoms. The lowest BCUT2D eigenvalue weighted by Crippen LogP contribution is -2.26. The maximum Gasteiger partial charge on any atom is 0.307 e. The summed E-state index contributed by atoms with van der Waals surface area (Å²) in [5.74, 6) is -0.256. The Kier molecular flexibility index (Phi) is 8.02. The quantitative estimate of drug-likeness (QED) is 0.572. The summed E-state index contributed by atoms with van der Waals surface area (Å²) in [7, 11) is -3.88. The highest BCUT2D eigenvalue weighted by Gasteiger charge is 2.17. The molecule has 0 fully saturated rings. The van der Waals surface area contributed by atoms with Gasteiger partial charge in [0.15, 0.2) is 0 Å². The molecule has 2 aromatic carbocycles. The molecule has 8 nitrogen and oxygen atoms in total. The Morgan fingerprint density at radius 2 is 1.72 bits per heavy atom. The number of anilines is 1. The van der Waals surface area contributed by atoms with Gasteiger partial charge in [0, 0.05) is 17.8 Å². The van der Waals surface area contributed by atoms with Crippen LogP contribution in [0.25, 0.3) is 0 Å². The van der Waals surface area contributed by atoms with Crippen molar-refractivity contribution in [1.82, 2.24) is 5.32 Å². The van der Waals surface area contributed by atoms with Crippen LogP contribution in [0.5, 0.6) is 5.75 Å². The molecule has 0 saturated heterocycles. The predicted octanol–water partition coefficient (Wildman–Crippen LogP) is 2.57. The number of carbonyl (C=O) groups excluding carboxylic acids is 2. The second-order valence-corrected chi connectivity index (χ2v) is 7.58. The van der Waals surface area contributed by atoms with Crippen molar-refractivity contribution in [3.8, 4) is 5.75 Å². The van der Waals surface area contributed by atoms with Crippen molar-refractivity contribution >= 4 is 27.6 Å². The molecule has 156 valence electrons. The topological polar surface area (TPSA) is 111 Å². The summed E-state index contributed by atoms with van der Waals surface area (Å²) < 4.78 is 37.8. The van der Waals surface area contributed by atoms with Crippen molar-refractivity contribution < 1.29 is 27.5 Å². The fourth-order valence-corrected chi connectivity index (χ4v) is 3.52. The van der Waals surface area contributed by atoms with Crippen LogP contribution in [0.3, 0.4) is 0 Å². The first-order valence-corrected chi connectivity index (χ1v) is 10.6. The van der Waals surface area contributed by atoms with Gasteiger partial charge in [-0.25, -0.2) is 8.42 Å². The van der Waals surface area contributed by atoms with Gasteiger partial charge in [-0.15, -0.1) is 0 Å². The number of sulfonamides is 1. The number of benzene rings is 2. The molecule has 2 rings (SSSR count). The van der Waals surface area contributed by atoms with Crippen molar-refractivity contribution in [3.63, 3.8) is 0 Å². The van der Waals surface area contributed by atoms with Crippen molar-refractivity contribution in [3.05, 3.63) is 54.1 Å². The predicted molar refractivity (Wildman–Crippen MR) is 108 cm³/mol. The molecule has 0 heterocycles. The second kappa shape index (κ2) is 10.5. The van der Waals surface area contributed by atoms with Crippen molar-refractivity contribution in [1.29, 1.82) is 0 Å². The maximum atomic E-state index is 12.6. The smallest absolute Gasteiger partial charge is 0.307 e. The van der Waals surface area contributed by atoms with Gasteiger partial charge in [-0.3, -0.25) is 14.3 Å². The van der Waals surface area contributed by atoms with E-state index in [1.165, 1.54) is 24.3 Å². The zero-order valence-corrected chi connectivity index (χ0v) is 17.1. The van der Waals surface area contributed by atoms with Crippen LogP contribution in [0.4, 0.5) is 5.69 Å². The van der Waals surface area contributed by atoms with Crippen LogP contribution in [-0.4, -0.2) is 40.1 Å². The summed E-state index contributed by atoms with van der Waals surface area (Å²) in [6, 6.07) is 12.2. The first kappa shape index (κ1) is 22.2. The Balaban J connectivity index is 2.04. The number of esters is 1. The van der Waals surface area contributed by atoms with E-state index < -0.39 is 21.9 Å². The minimum absolute atomic E-state index is 0.0386. The number of hydrogen-bond donors (Lipinski definition) is 2. The number of ether oxygens (including phenoxy) is 2. The molecule has 0 aliphatic rings. The van der Waals surface area contributed by atoms with E-state index in [9.17, 15) is 18.0 Å². The minimum Gasteiger partial charge on any atom is -0.494 e. The number of hydrogen-bond acceptors (Lipinski definition) is 6. The van der Waals surface area contributed by atoms with E-state index in [1.807, 2.05) is 6.92 Å². The summed E-state index contributed by atoms with van der Waals surface area (Å²) in [5.41, 5.74) is 0.543. The Labute approximate surface area is 170 Å². The Hall–Kier alpha value is -3.07. The SMILES string of the molecule is CCOC(=O)CCNC(=O)c1cccc(S(=O)(=O)Nc2ccc(OCC)cc2)c1. The lowest BCUT2D eigenvalue weighted by Gasteiger charge is -2.10. The molecule has 2 N–H and O–H groups in total. The molecule has 0 saturated carbocycles. The van der Waals surface area contributed by atoms with Crippen LogP contribution in [0.1, 0.15) is 30.6 Å². The minimum atomic E-state index is -3.88. The molecule has 0 unspecified atom stereocenters. The van der Waals surface area contributed by atoms with Crippen LogP contribution in [-0.2, 0) is 19.6 Å². The molecule has 1 amide bonds. The number of nitrogens with one attached hydrogen (secondary N) is 2. The van der Waals surface area contributed by atoms with Gasteiger partial charge in [0.2, 0.25) is 0 Å². The molecular formula is C20H24N2O6S. The summed E-state index contributed by atoms with van der Waals surface area (Å²) in [5, 5.41) is 2.57. The van der Waals surface area contributed by atoms with E-state index in [-0.39, 0.29) is 30.0 Å². The molecular weight excluding hydrogens is 396 g/mol. The third kappa shape index (κ3) is 6.79. The van der Waals surface area contributed by atoms with Crippen LogP contribution < -0.4 is 14.8 Å². The van der Waals surface area contributed by atoms with Gasteiger partial charge in [-0.1, -0.05) is 6.07 Å². The highest BCUT2D eigenvalue weighted by atomic mass is 32.2. The van der Waals surface area contributed by atoms with Crippen LogP contribution >= 0.6 is 0 Å². The fourth-order valence-electron chi connectivity index (χ4n) is 2.42. The van der Waals surface area contributed by atoms with E-state index in [0.717, 1.165) is 0 Å².